The second kappa shape index (κ2) is 9.92. The summed E-state index contributed by atoms with van der Waals surface area (Å²) in [7, 11) is 1.48. The minimum absolute atomic E-state index is 0.137. The van der Waals surface area contributed by atoms with Crippen molar-refractivity contribution in [3.05, 3.63) is 95.1 Å². The zero-order chi connectivity index (χ0) is 24.9. The van der Waals surface area contributed by atoms with E-state index in [0.29, 0.717) is 5.75 Å². The molecule has 0 aliphatic carbocycles. The molecule has 2 N–H and O–H groups in total. The van der Waals surface area contributed by atoms with Crippen LogP contribution < -0.4 is 19.7 Å². The Kier molecular flexibility index (Phi) is 6.59. The van der Waals surface area contributed by atoms with Gasteiger partial charge in [0.15, 0.2) is 0 Å². The van der Waals surface area contributed by atoms with Crippen LogP contribution in [0.1, 0.15) is 21.5 Å². The van der Waals surface area contributed by atoms with Crippen LogP contribution in [0.15, 0.2) is 78.4 Å². The highest BCUT2D eigenvalue weighted by molar-refractivity contribution is 6.39. The number of ether oxygens (including phenoxy) is 2. The number of carbonyl (C=O) groups excluding carboxylic acids is 3. The zero-order valence-corrected chi connectivity index (χ0v) is 18.6. The summed E-state index contributed by atoms with van der Waals surface area (Å²) >= 11 is 0. The van der Waals surface area contributed by atoms with Gasteiger partial charge in [-0.25, -0.2) is 14.5 Å². The first-order valence-corrected chi connectivity index (χ1v) is 10.5. The van der Waals surface area contributed by atoms with Crippen LogP contribution in [0, 0.1) is 0 Å². The number of hydrogen-bond acceptors (Lipinski definition) is 6. The maximum atomic E-state index is 13.1. The first-order chi connectivity index (χ1) is 16.9. The van der Waals surface area contributed by atoms with E-state index in [4.69, 9.17) is 9.47 Å². The van der Waals surface area contributed by atoms with Gasteiger partial charge in [-0.2, -0.15) is 0 Å². The minimum atomic E-state index is -1.23. The van der Waals surface area contributed by atoms with Gasteiger partial charge in [0.1, 0.15) is 29.2 Å². The normalized spacial score (nSPS) is 14.6. The van der Waals surface area contributed by atoms with E-state index in [2.05, 4.69) is 5.32 Å². The number of carbonyl (C=O) groups is 4. The number of imide groups is 2. The highest BCUT2D eigenvalue weighted by atomic mass is 16.5. The van der Waals surface area contributed by atoms with E-state index in [1.165, 1.54) is 43.5 Å². The van der Waals surface area contributed by atoms with Gasteiger partial charge < -0.3 is 14.6 Å². The Labute approximate surface area is 200 Å². The smallest absolute Gasteiger partial charge is 0.339 e. The number of barbiturate groups is 1. The number of urea groups is 1. The van der Waals surface area contributed by atoms with Crippen LogP contribution in [-0.4, -0.2) is 36.0 Å². The number of methoxy groups -OCH3 is 1. The number of rotatable bonds is 7. The Morgan fingerprint density at radius 2 is 1.71 bits per heavy atom. The van der Waals surface area contributed by atoms with Crippen molar-refractivity contribution in [2.45, 2.75) is 6.61 Å². The summed E-state index contributed by atoms with van der Waals surface area (Å²) in [5.74, 6) is -2.29. The van der Waals surface area contributed by atoms with Crippen molar-refractivity contribution in [2.24, 2.45) is 0 Å². The molecule has 3 aromatic carbocycles. The van der Waals surface area contributed by atoms with E-state index in [1.807, 2.05) is 30.3 Å². The van der Waals surface area contributed by atoms with Crippen molar-refractivity contribution in [3.63, 3.8) is 0 Å². The molecule has 4 amide bonds. The Hall–Kier alpha value is -4.92. The van der Waals surface area contributed by atoms with Crippen molar-refractivity contribution in [3.8, 4) is 11.5 Å². The van der Waals surface area contributed by atoms with Crippen LogP contribution in [0.5, 0.6) is 11.5 Å². The van der Waals surface area contributed by atoms with Crippen molar-refractivity contribution < 1.29 is 33.8 Å². The van der Waals surface area contributed by atoms with Gasteiger partial charge in [0.2, 0.25) is 0 Å². The monoisotopic (exact) mass is 472 g/mol. The summed E-state index contributed by atoms with van der Waals surface area (Å²) in [5, 5.41) is 11.8. The fourth-order valence-corrected chi connectivity index (χ4v) is 3.46. The van der Waals surface area contributed by atoms with Crippen molar-refractivity contribution in [2.75, 3.05) is 12.0 Å². The summed E-state index contributed by atoms with van der Waals surface area (Å²) in [6.45, 7) is 0.168. The van der Waals surface area contributed by atoms with Gasteiger partial charge in [0, 0.05) is 0 Å². The molecule has 1 saturated heterocycles. The van der Waals surface area contributed by atoms with E-state index in [9.17, 15) is 24.3 Å². The SMILES string of the molecule is COc1ccc(N2C(=O)NC(=O)/C(=C/c3ccc(OCc4ccccc4)c(C(=O)O)c3)C2=O)cc1. The number of amides is 4. The van der Waals surface area contributed by atoms with Crippen molar-refractivity contribution in [1.82, 2.24) is 5.32 Å². The Morgan fingerprint density at radius 3 is 2.37 bits per heavy atom. The lowest BCUT2D eigenvalue weighted by molar-refractivity contribution is -0.122. The summed E-state index contributed by atoms with van der Waals surface area (Å²) in [5.41, 5.74) is 0.916. The topological polar surface area (TPSA) is 122 Å². The van der Waals surface area contributed by atoms with Crippen LogP contribution in [0.4, 0.5) is 10.5 Å². The van der Waals surface area contributed by atoms with Crippen LogP contribution >= 0.6 is 0 Å². The quantitative estimate of drug-likeness (QED) is 0.398. The summed E-state index contributed by atoms with van der Waals surface area (Å²) in [6.07, 6.45) is 1.23. The third kappa shape index (κ3) is 5.03. The molecule has 35 heavy (non-hydrogen) atoms. The average Bonchev–Trinajstić information content (AvgIpc) is 2.86. The van der Waals surface area contributed by atoms with Crippen LogP contribution in [0.25, 0.3) is 6.08 Å². The molecule has 4 rings (SSSR count). The first kappa shape index (κ1) is 23.2. The molecule has 0 atom stereocenters. The standard InChI is InChI=1S/C26H20N2O7/c1-34-19-10-8-18(9-11-19)28-24(30)21(23(29)27-26(28)33)14-17-7-12-22(20(13-17)25(31)32)35-15-16-5-3-2-4-6-16/h2-14H,15H2,1H3,(H,31,32)(H,27,29,33)/b21-14-. The molecule has 1 heterocycles. The van der Waals surface area contributed by atoms with E-state index in [-0.39, 0.29) is 34.7 Å². The molecule has 0 bridgehead atoms. The number of nitrogens with zero attached hydrogens (tertiary/aromatic N) is 1. The molecule has 9 heteroatoms. The highest BCUT2D eigenvalue weighted by Gasteiger charge is 2.36. The molecular formula is C26H20N2O7. The van der Waals surface area contributed by atoms with Gasteiger partial charge in [-0.3, -0.25) is 14.9 Å². The lowest BCUT2D eigenvalue weighted by Gasteiger charge is -2.26. The number of carboxylic acids is 1. The average molecular weight is 472 g/mol. The number of aromatic carboxylic acids is 1. The summed E-state index contributed by atoms with van der Waals surface area (Å²) in [6, 6.07) is 18.8. The van der Waals surface area contributed by atoms with Gasteiger partial charge in [0.25, 0.3) is 11.8 Å². The molecule has 0 unspecified atom stereocenters. The maximum absolute atomic E-state index is 13.1. The lowest BCUT2D eigenvalue weighted by atomic mass is 10.0. The second-order valence-electron chi connectivity index (χ2n) is 7.49. The predicted molar refractivity (Wildman–Crippen MR) is 126 cm³/mol. The zero-order valence-electron chi connectivity index (χ0n) is 18.6. The van der Waals surface area contributed by atoms with Crippen LogP contribution in [0.3, 0.4) is 0 Å². The first-order valence-electron chi connectivity index (χ1n) is 10.5. The molecule has 1 fully saturated rings. The van der Waals surface area contributed by atoms with Gasteiger partial charge in [0.05, 0.1) is 12.8 Å². The third-order valence-electron chi connectivity index (χ3n) is 5.21. The second-order valence-corrected chi connectivity index (χ2v) is 7.49. The molecule has 0 aromatic heterocycles. The van der Waals surface area contributed by atoms with E-state index >= 15 is 0 Å². The maximum Gasteiger partial charge on any atom is 0.339 e. The van der Waals surface area contributed by atoms with Crippen molar-refractivity contribution in [1.29, 1.82) is 0 Å². The van der Waals surface area contributed by atoms with Gasteiger partial charge in [-0.1, -0.05) is 36.4 Å². The van der Waals surface area contributed by atoms with Crippen LogP contribution in [0.2, 0.25) is 0 Å². The molecule has 1 aliphatic heterocycles. The molecule has 1 aliphatic rings. The van der Waals surface area contributed by atoms with Gasteiger partial charge >= 0.3 is 12.0 Å². The molecule has 176 valence electrons. The highest BCUT2D eigenvalue weighted by Crippen LogP contribution is 2.26. The minimum Gasteiger partial charge on any atom is -0.497 e. The van der Waals surface area contributed by atoms with Crippen molar-refractivity contribution >= 4 is 35.6 Å². The molecule has 0 saturated carbocycles. The number of benzene rings is 3. The molecule has 9 nitrogen and oxygen atoms in total. The lowest BCUT2D eigenvalue weighted by Crippen LogP contribution is -2.54. The Bertz CT molecular complexity index is 1330. The summed E-state index contributed by atoms with van der Waals surface area (Å²) < 4.78 is 10.8. The number of carboxylic acid groups (broad SMARTS) is 1. The third-order valence-corrected chi connectivity index (χ3v) is 5.21. The van der Waals surface area contributed by atoms with E-state index < -0.39 is 23.8 Å². The summed E-state index contributed by atoms with van der Waals surface area (Å²) in [4.78, 5) is 50.5. The van der Waals surface area contributed by atoms with Gasteiger partial charge in [-0.15, -0.1) is 0 Å². The number of nitrogens with one attached hydrogen (secondary N) is 1. The van der Waals surface area contributed by atoms with E-state index in [0.717, 1.165) is 10.5 Å². The molecule has 0 radical (unpaired) electrons. The fourth-order valence-electron chi connectivity index (χ4n) is 3.46. The molecule has 0 spiro atoms. The van der Waals surface area contributed by atoms with Crippen LogP contribution in [-0.2, 0) is 16.2 Å². The number of hydrogen-bond donors (Lipinski definition) is 2. The molecular weight excluding hydrogens is 452 g/mol. The largest absolute Gasteiger partial charge is 0.497 e. The Morgan fingerprint density at radius 1 is 1.00 bits per heavy atom. The Balaban J connectivity index is 1.63. The fraction of sp³-hybridized carbons (Fsp3) is 0.0769. The number of anilines is 1. The van der Waals surface area contributed by atoms with Gasteiger partial charge in [-0.05, 0) is 53.6 Å². The van der Waals surface area contributed by atoms with E-state index in [1.54, 1.807) is 12.1 Å². The molecule has 3 aromatic rings. The predicted octanol–water partition coefficient (Wildman–Crippen LogP) is 3.64.